The molecule has 1 aromatic carbocycles. The first-order valence-electron chi connectivity index (χ1n) is 9.10. The largest absolute Gasteiger partial charge is 0.458 e. The van der Waals surface area contributed by atoms with Gasteiger partial charge in [0.05, 0.1) is 10.6 Å². The van der Waals surface area contributed by atoms with Crippen LogP contribution in [-0.2, 0) is 26.2 Å². The number of fused-ring (bicyclic) bond motifs is 2. The summed E-state index contributed by atoms with van der Waals surface area (Å²) in [5.41, 5.74) is 1.80. The Labute approximate surface area is 172 Å². The predicted octanol–water partition coefficient (Wildman–Crippen LogP) is 1.17. The molecule has 0 spiro atoms. The number of carbonyl (C=O) groups excluding carboxylic acids is 1. The van der Waals surface area contributed by atoms with Gasteiger partial charge in [0.2, 0.25) is 0 Å². The van der Waals surface area contributed by atoms with Crippen molar-refractivity contribution in [3.05, 3.63) is 75.8 Å². The van der Waals surface area contributed by atoms with Crippen molar-refractivity contribution in [2.75, 3.05) is 0 Å². The second-order valence-electron chi connectivity index (χ2n) is 6.88. The number of aromatic nitrogens is 2. The van der Waals surface area contributed by atoms with Gasteiger partial charge in [-0.15, -0.1) is 0 Å². The van der Waals surface area contributed by atoms with Crippen LogP contribution in [0.1, 0.15) is 23.7 Å². The lowest BCUT2D eigenvalue weighted by molar-refractivity contribution is -0.146. The van der Waals surface area contributed by atoms with Gasteiger partial charge in [0.1, 0.15) is 24.1 Å². The van der Waals surface area contributed by atoms with Gasteiger partial charge in [-0.2, -0.15) is 0 Å². The van der Waals surface area contributed by atoms with Crippen LogP contribution in [0.25, 0.3) is 5.65 Å². The highest BCUT2D eigenvalue weighted by atomic mass is 32.2. The van der Waals surface area contributed by atoms with Gasteiger partial charge < -0.3 is 4.74 Å². The standard InChI is InChI=1S/C20H18N4O5S/c1-12-7-8-17-22-14(9-18(25)24(17)10-12)11-29-20(26)13(2)21-19-15-5-3-4-6-16(15)30(27,28)23-19/h3-10,13H,11H2,1-2H3,(H,21,23)/t13-/m0/s1. The Morgan fingerprint density at radius 1 is 1.27 bits per heavy atom. The van der Waals surface area contributed by atoms with E-state index in [-0.39, 0.29) is 22.9 Å². The van der Waals surface area contributed by atoms with E-state index in [1.165, 1.54) is 23.5 Å². The lowest BCUT2D eigenvalue weighted by Gasteiger charge is -2.09. The molecule has 2 aromatic heterocycles. The number of hydrogen-bond donors (Lipinski definition) is 1. The molecule has 1 aliphatic heterocycles. The summed E-state index contributed by atoms with van der Waals surface area (Å²) in [6.45, 7) is 3.17. The summed E-state index contributed by atoms with van der Waals surface area (Å²) in [5, 5.41) is 0. The number of carbonyl (C=O) groups is 1. The second-order valence-corrected chi connectivity index (χ2v) is 8.53. The molecule has 0 saturated carbocycles. The van der Waals surface area contributed by atoms with Gasteiger partial charge in [-0.25, -0.2) is 18.2 Å². The van der Waals surface area contributed by atoms with E-state index in [0.29, 0.717) is 16.9 Å². The fourth-order valence-electron chi connectivity index (χ4n) is 3.07. The molecule has 30 heavy (non-hydrogen) atoms. The molecule has 4 rings (SSSR count). The third-order valence-electron chi connectivity index (χ3n) is 4.55. The first-order chi connectivity index (χ1) is 14.2. The number of hydrogen-bond acceptors (Lipinski definition) is 7. The van der Waals surface area contributed by atoms with E-state index < -0.39 is 22.0 Å². The number of pyridine rings is 1. The Bertz CT molecular complexity index is 1360. The quantitative estimate of drug-likeness (QED) is 0.626. The van der Waals surface area contributed by atoms with Gasteiger partial charge in [-0.05, 0) is 37.6 Å². The average molecular weight is 426 g/mol. The van der Waals surface area contributed by atoms with E-state index in [9.17, 15) is 18.0 Å². The van der Waals surface area contributed by atoms with E-state index in [4.69, 9.17) is 4.74 Å². The van der Waals surface area contributed by atoms with Crippen LogP contribution in [-0.4, -0.2) is 35.6 Å². The molecule has 1 aliphatic rings. The fraction of sp³-hybridized carbons (Fsp3) is 0.200. The molecule has 0 bridgehead atoms. The summed E-state index contributed by atoms with van der Waals surface area (Å²) in [7, 11) is -3.69. The van der Waals surface area contributed by atoms with Crippen molar-refractivity contribution < 1.29 is 17.9 Å². The van der Waals surface area contributed by atoms with Crippen molar-refractivity contribution in [3.63, 3.8) is 0 Å². The summed E-state index contributed by atoms with van der Waals surface area (Å²) in [6.07, 6.45) is 1.68. The summed E-state index contributed by atoms with van der Waals surface area (Å²) >= 11 is 0. The molecular weight excluding hydrogens is 408 g/mol. The Balaban J connectivity index is 1.50. The molecule has 0 aliphatic carbocycles. The Morgan fingerprint density at radius 3 is 2.83 bits per heavy atom. The third kappa shape index (κ3) is 3.69. The monoisotopic (exact) mass is 426 g/mol. The lowest BCUT2D eigenvalue weighted by atomic mass is 10.2. The number of benzene rings is 1. The van der Waals surface area contributed by atoms with Gasteiger partial charge in [0.15, 0.2) is 0 Å². The number of amidine groups is 1. The number of sulfonamides is 1. The van der Waals surface area contributed by atoms with Crippen molar-refractivity contribution >= 4 is 27.5 Å². The Hall–Kier alpha value is -3.53. The van der Waals surface area contributed by atoms with Gasteiger partial charge in [-0.1, -0.05) is 18.2 Å². The number of ether oxygens (including phenoxy) is 1. The average Bonchev–Trinajstić information content (AvgIpc) is 2.97. The van der Waals surface area contributed by atoms with Crippen LogP contribution in [0.4, 0.5) is 0 Å². The van der Waals surface area contributed by atoms with E-state index in [0.717, 1.165) is 5.56 Å². The number of rotatable bonds is 4. The maximum absolute atomic E-state index is 12.4. The minimum absolute atomic E-state index is 0.0903. The maximum atomic E-state index is 12.4. The summed E-state index contributed by atoms with van der Waals surface area (Å²) in [6, 6.07) is 10.3. The van der Waals surface area contributed by atoms with Crippen LogP contribution in [0.15, 0.2) is 63.3 Å². The van der Waals surface area contributed by atoms with Crippen molar-refractivity contribution in [2.24, 2.45) is 4.99 Å². The highest BCUT2D eigenvalue weighted by Gasteiger charge is 2.31. The SMILES string of the molecule is Cc1ccc2nc(COC(=O)[C@H](C)N=C3NS(=O)(=O)c4ccccc43)cc(=O)n2c1. The van der Waals surface area contributed by atoms with Crippen molar-refractivity contribution in [1.29, 1.82) is 0 Å². The number of nitrogens with zero attached hydrogens (tertiary/aromatic N) is 3. The number of aryl methyl sites for hydroxylation is 1. The highest BCUT2D eigenvalue weighted by Crippen LogP contribution is 2.22. The molecule has 10 heteroatoms. The predicted molar refractivity (Wildman–Crippen MR) is 109 cm³/mol. The summed E-state index contributed by atoms with van der Waals surface area (Å²) < 4.78 is 33.3. The molecule has 0 unspecified atom stereocenters. The molecule has 1 N–H and O–H groups in total. The zero-order chi connectivity index (χ0) is 21.5. The number of aliphatic imine (C=N–C) groups is 1. The zero-order valence-electron chi connectivity index (χ0n) is 16.2. The zero-order valence-corrected chi connectivity index (χ0v) is 17.0. The minimum Gasteiger partial charge on any atom is -0.458 e. The molecule has 154 valence electrons. The first-order valence-corrected chi connectivity index (χ1v) is 10.6. The summed E-state index contributed by atoms with van der Waals surface area (Å²) in [4.78, 5) is 33.2. The van der Waals surface area contributed by atoms with Crippen LogP contribution in [0, 0.1) is 6.92 Å². The van der Waals surface area contributed by atoms with E-state index >= 15 is 0 Å². The van der Waals surface area contributed by atoms with Crippen LogP contribution >= 0.6 is 0 Å². The number of nitrogens with one attached hydrogen (secondary N) is 1. The molecule has 1 atom stereocenters. The van der Waals surface area contributed by atoms with E-state index in [2.05, 4.69) is 14.7 Å². The molecule has 0 radical (unpaired) electrons. The van der Waals surface area contributed by atoms with E-state index in [1.807, 2.05) is 13.0 Å². The van der Waals surface area contributed by atoms with Crippen molar-refractivity contribution in [1.82, 2.24) is 14.1 Å². The molecule has 3 heterocycles. The third-order valence-corrected chi connectivity index (χ3v) is 5.95. The van der Waals surface area contributed by atoms with Crippen molar-refractivity contribution in [3.8, 4) is 0 Å². The molecule has 9 nitrogen and oxygen atoms in total. The smallest absolute Gasteiger partial charge is 0.331 e. The Kier molecular flexibility index (Phi) is 4.86. The highest BCUT2D eigenvalue weighted by molar-refractivity contribution is 7.90. The molecule has 0 fully saturated rings. The van der Waals surface area contributed by atoms with Crippen LogP contribution < -0.4 is 10.3 Å². The second kappa shape index (κ2) is 7.38. The minimum atomic E-state index is -3.69. The first kappa shape index (κ1) is 19.8. The van der Waals surface area contributed by atoms with Crippen LogP contribution in [0.3, 0.4) is 0 Å². The lowest BCUT2D eigenvalue weighted by Crippen LogP contribution is -2.27. The molecule has 3 aromatic rings. The van der Waals surface area contributed by atoms with Crippen LogP contribution in [0.5, 0.6) is 0 Å². The molecular formula is C20H18N4O5S. The number of esters is 1. The maximum Gasteiger partial charge on any atom is 0.331 e. The van der Waals surface area contributed by atoms with Gasteiger partial charge in [-0.3, -0.25) is 18.9 Å². The molecule has 0 amide bonds. The van der Waals surface area contributed by atoms with Crippen molar-refractivity contribution in [2.45, 2.75) is 31.4 Å². The molecule has 0 saturated heterocycles. The fourth-order valence-corrected chi connectivity index (χ4v) is 4.31. The normalized spacial score (nSPS) is 16.8. The topological polar surface area (TPSA) is 119 Å². The van der Waals surface area contributed by atoms with Gasteiger partial charge in [0, 0.05) is 17.8 Å². The van der Waals surface area contributed by atoms with Gasteiger partial charge >= 0.3 is 5.97 Å². The van der Waals surface area contributed by atoms with Gasteiger partial charge in [0.25, 0.3) is 15.6 Å². The summed E-state index contributed by atoms with van der Waals surface area (Å²) in [5.74, 6) is -0.579. The Morgan fingerprint density at radius 2 is 2.03 bits per heavy atom. The van der Waals surface area contributed by atoms with E-state index in [1.54, 1.807) is 30.5 Å². The van der Waals surface area contributed by atoms with Crippen LogP contribution in [0.2, 0.25) is 0 Å².